The molecular formula is C12H12N2O3. The van der Waals surface area contributed by atoms with Crippen molar-refractivity contribution in [2.45, 2.75) is 6.92 Å². The Balaban J connectivity index is 2.60. The minimum atomic E-state index is -1.04. The highest BCUT2D eigenvalue weighted by Crippen LogP contribution is 2.21. The Hall–Kier alpha value is -2.30. The molecule has 0 atom stereocenters. The molecule has 0 unspecified atom stereocenters. The summed E-state index contributed by atoms with van der Waals surface area (Å²) in [4.78, 5) is 15.1. The summed E-state index contributed by atoms with van der Waals surface area (Å²) in [6.45, 7) is 5.62. The maximum atomic E-state index is 11.0. The number of aromatic nitrogens is 2. The lowest BCUT2D eigenvalue weighted by Gasteiger charge is -2.04. The van der Waals surface area contributed by atoms with Crippen LogP contribution in [0.5, 0.6) is 5.75 Å². The largest absolute Gasteiger partial charge is 0.486 e. The van der Waals surface area contributed by atoms with Gasteiger partial charge in [0, 0.05) is 6.20 Å². The lowest BCUT2D eigenvalue weighted by molar-refractivity contribution is 0.0690. The van der Waals surface area contributed by atoms with E-state index in [1.807, 2.05) is 0 Å². The first-order valence-corrected chi connectivity index (χ1v) is 5.09. The Morgan fingerprint density at radius 1 is 1.71 bits per heavy atom. The fourth-order valence-corrected chi connectivity index (χ4v) is 1.62. The van der Waals surface area contributed by atoms with Crippen LogP contribution in [0.4, 0.5) is 0 Å². The van der Waals surface area contributed by atoms with E-state index in [1.54, 1.807) is 35.7 Å². The molecule has 0 aliphatic rings. The minimum absolute atomic E-state index is 0.0413. The number of rotatable bonds is 4. The van der Waals surface area contributed by atoms with E-state index in [4.69, 9.17) is 9.84 Å². The summed E-state index contributed by atoms with van der Waals surface area (Å²) in [6.07, 6.45) is 3.38. The van der Waals surface area contributed by atoms with E-state index in [0.29, 0.717) is 23.7 Å². The van der Waals surface area contributed by atoms with Crippen molar-refractivity contribution in [3.05, 3.63) is 42.4 Å². The van der Waals surface area contributed by atoms with Crippen LogP contribution >= 0.6 is 0 Å². The number of hydrogen-bond acceptors (Lipinski definition) is 3. The van der Waals surface area contributed by atoms with Gasteiger partial charge < -0.3 is 14.2 Å². The molecule has 2 heterocycles. The van der Waals surface area contributed by atoms with Gasteiger partial charge in [-0.15, -0.1) is 0 Å². The van der Waals surface area contributed by atoms with Crippen molar-refractivity contribution < 1.29 is 14.6 Å². The van der Waals surface area contributed by atoms with Gasteiger partial charge >= 0.3 is 5.97 Å². The quantitative estimate of drug-likeness (QED) is 0.818. The predicted molar refractivity (Wildman–Crippen MR) is 62.6 cm³/mol. The van der Waals surface area contributed by atoms with E-state index in [9.17, 15) is 4.79 Å². The molecule has 0 spiro atoms. The average Bonchev–Trinajstić information content (AvgIpc) is 2.65. The number of aryl methyl sites for hydroxylation is 1. The smallest absolute Gasteiger partial charge is 0.356 e. The number of carbonyl (C=O) groups is 1. The van der Waals surface area contributed by atoms with Crippen molar-refractivity contribution in [1.29, 1.82) is 0 Å². The predicted octanol–water partition coefficient (Wildman–Crippen LogP) is 1.91. The van der Waals surface area contributed by atoms with Crippen LogP contribution in [0.2, 0.25) is 0 Å². The molecule has 2 aromatic rings. The summed E-state index contributed by atoms with van der Waals surface area (Å²) in [7, 11) is 0. The highest BCUT2D eigenvalue weighted by molar-refractivity contribution is 5.88. The van der Waals surface area contributed by atoms with Gasteiger partial charge in [0.05, 0.1) is 5.69 Å². The summed E-state index contributed by atoms with van der Waals surface area (Å²) < 4.78 is 7.12. The van der Waals surface area contributed by atoms with Gasteiger partial charge in [-0.3, -0.25) is 0 Å². The molecule has 1 N–H and O–H groups in total. The van der Waals surface area contributed by atoms with Gasteiger partial charge in [0.2, 0.25) is 0 Å². The van der Waals surface area contributed by atoms with Gasteiger partial charge in [-0.25, -0.2) is 9.78 Å². The first-order valence-electron chi connectivity index (χ1n) is 5.09. The van der Waals surface area contributed by atoms with E-state index in [2.05, 4.69) is 11.6 Å². The van der Waals surface area contributed by atoms with E-state index in [1.165, 1.54) is 0 Å². The second kappa shape index (κ2) is 4.29. The highest BCUT2D eigenvalue weighted by atomic mass is 16.5. The summed E-state index contributed by atoms with van der Waals surface area (Å²) in [5.74, 6) is -0.496. The summed E-state index contributed by atoms with van der Waals surface area (Å²) in [5.41, 5.74) is 1.13. The lowest BCUT2D eigenvalue weighted by atomic mass is 10.3. The molecule has 17 heavy (non-hydrogen) atoms. The second-order valence-electron chi connectivity index (χ2n) is 3.52. The standard InChI is InChI=1S/C12H12N2O3/c1-3-7-17-9-5-4-6-14-8(2)10(12(15)16)13-11(9)14/h3-6H,1,7H2,2H3,(H,15,16). The van der Waals surface area contributed by atoms with Gasteiger partial charge in [-0.1, -0.05) is 12.7 Å². The van der Waals surface area contributed by atoms with Gasteiger partial charge in [-0.05, 0) is 19.1 Å². The minimum Gasteiger partial charge on any atom is -0.486 e. The van der Waals surface area contributed by atoms with Gasteiger partial charge in [0.25, 0.3) is 0 Å². The summed E-state index contributed by atoms with van der Waals surface area (Å²) in [6, 6.07) is 3.53. The Morgan fingerprint density at radius 3 is 3.12 bits per heavy atom. The first kappa shape index (κ1) is 11.2. The molecule has 0 aliphatic heterocycles. The molecule has 5 nitrogen and oxygen atoms in total. The van der Waals surface area contributed by atoms with Crippen LogP contribution in [0, 0.1) is 6.92 Å². The van der Waals surface area contributed by atoms with Crippen molar-refractivity contribution >= 4 is 11.6 Å². The first-order chi connectivity index (χ1) is 8.15. The number of carboxylic acid groups (broad SMARTS) is 1. The Labute approximate surface area is 98.0 Å². The van der Waals surface area contributed by atoms with E-state index in [0.717, 1.165) is 0 Å². The molecule has 2 rings (SSSR count). The number of hydrogen-bond donors (Lipinski definition) is 1. The molecule has 0 bridgehead atoms. The number of imidazole rings is 1. The van der Waals surface area contributed by atoms with E-state index in [-0.39, 0.29) is 5.69 Å². The van der Waals surface area contributed by atoms with Crippen LogP contribution in [0.3, 0.4) is 0 Å². The van der Waals surface area contributed by atoms with Crippen molar-refractivity contribution in [3.8, 4) is 5.75 Å². The zero-order chi connectivity index (χ0) is 12.4. The molecule has 0 amide bonds. The third kappa shape index (κ3) is 1.87. The molecule has 0 aromatic carbocycles. The number of pyridine rings is 1. The fraction of sp³-hybridized carbons (Fsp3) is 0.167. The summed E-state index contributed by atoms with van der Waals surface area (Å²) >= 11 is 0. The van der Waals surface area contributed by atoms with Crippen molar-refractivity contribution in [2.24, 2.45) is 0 Å². The third-order valence-corrected chi connectivity index (χ3v) is 2.41. The number of nitrogens with zero attached hydrogens (tertiary/aromatic N) is 2. The fourth-order valence-electron chi connectivity index (χ4n) is 1.62. The molecule has 0 fully saturated rings. The van der Waals surface area contributed by atoms with Crippen LogP contribution in [-0.2, 0) is 0 Å². The SMILES string of the molecule is C=CCOc1cccn2c(C)c(C(=O)O)nc12. The van der Waals surface area contributed by atoms with E-state index >= 15 is 0 Å². The maximum absolute atomic E-state index is 11.0. The third-order valence-electron chi connectivity index (χ3n) is 2.41. The molecule has 88 valence electrons. The number of carboxylic acids is 1. The normalized spacial score (nSPS) is 10.4. The molecule has 2 aromatic heterocycles. The molecule has 0 saturated heterocycles. The summed E-state index contributed by atoms with van der Waals surface area (Å²) in [5, 5.41) is 9.00. The van der Waals surface area contributed by atoms with Gasteiger partial charge in [0.1, 0.15) is 6.61 Å². The Bertz CT molecular complexity index is 587. The zero-order valence-electron chi connectivity index (χ0n) is 9.38. The molecule has 0 saturated carbocycles. The number of ether oxygens (including phenoxy) is 1. The molecule has 0 aliphatic carbocycles. The second-order valence-corrected chi connectivity index (χ2v) is 3.52. The van der Waals surface area contributed by atoms with Gasteiger partial charge in [-0.2, -0.15) is 0 Å². The molecular weight excluding hydrogens is 220 g/mol. The van der Waals surface area contributed by atoms with Crippen LogP contribution < -0.4 is 4.74 Å². The monoisotopic (exact) mass is 232 g/mol. The highest BCUT2D eigenvalue weighted by Gasteiger charge is 2.16. The Morgan fingerprint density at radius 2 is 2.47 bits per heavy atom. The topological polar surface area (TPSA) is 63.8 Å². The molecule has 5 heteroatoms. The van der Waals surface area contributed by atoms with Gasteiger partial charge in [0.15, 0.2) is 17.1 Å². The number of aromatic carboxylic acids is 1. The van der Waals surface area contributed by atoms with Crippen LogP contribution in [0.25, 0.3) is 5.65 Å². The van der Waals surface area contributed by atoms with E-state index < -0.39 is 5.97 Å². The lowest BCUT2D eigenvalue weighted by Crippen LogP contribution is -1.99. The molecule has 0 radical (unpaired) electrons. The van der Waals surface area contributed by atoms with Crippen LogP contribution in [-0.4, -0.2) is 27.1 Å². The Kier molecular flexibility index (Phi) is 2.82. The van der Waals surface area contributed by atoms with Crippen LogP contribution in [0.15, 0.2) is 31.0 Å². The van der Waals surface area contributed by atoms with Crippen molar-refractivity contribution in [1.82, 2.24) is 9.38 Å². The zero-order valence-corrected chi connectivity index (χ0v) is 9.38. The van der Waals surface area contributed by atoms with Crippen molar-refractivity contribution in [3.63, 3.8) is 0 Å². The van der Waals surface area contributed by atoms with Crippen molar-refractivity contribution in [2.75, 3.05) is 6.61 Å². The maximum Gasteiger partial charge on any atom is 0.356 e. The van der Waals surface area contributed by atoms with Crippen LogP contribution in [0.1, 0.15) is 16.2 Å². The average molecular weight is 232 g/mol. The number of fused-ring (bicyclic) bond motifs is 1.